The second-order valence-electron chi connectivity index (χ2n) is 8.67. The van der Waals surface area contributed by atoms with Gasteiger partial charge in [-0.15, -0.1) is 0 Å². The third-order valence-electron chi connectivity index (χ3n) is 4.89. The first-order valence-electron chi connectivity index (χ1n) is 9.14. The van der Waals surface area contributed by atoms with Gasteiger partial charge in [-0.1, -0.05) is 76.2 Å². The Morgan fingerprint density at radius 1 is 1.07 bits per heavy atom. The van der Waals surface area contributed by atoms with Crippen molar-refractivity contribution in [2.75, 3.05) is 6.61 Å². The van der Waals surface area contributed by atoms with Crippen LogP contribution in [0.25, 0.3) is 5.76 Å². The van der Waals surface area contributed by atoms with E-state index in [1.807, 2.05) is 36.4 Å². The molecule has 4 nitrogen and oxygen atoms in total. The Bertz CT molecular complexity index is 903. The van der Waals surface area contributed by atoms with E-state index < -0.39 is 0 Å². The number of oxime groups is 1. The number of nitrogens with zero attached hydrogens (tertiary/aromatic N) is 1. The maximum atomic E-state index is 10.7. The Labute approximate surface area is 160 Å². The molecule has 3 rings (SSSR count). The van der Waals surface area contributed by atoms with Crippen LogP contribution in [0, 0.1) is 10.8 Å². The second-order valence-corrected chi connectivity index (χ2v) is 8.67. The molecule has 0 spiro atoms. The van der Waals surface area contributed by atoms with Gasteiger partial charge in [0.25, 0.3) is 0 Å². The SMILES string of the molecule is CC(C)(C)C1=C(c2ccc(/C(=N/O)c3ccccc3)c(O)c2)OCC1(C)C. The van der Waals surface area contributed by atoms with Crippen LogP contribution in [0.15, 0.2) is 59.3 Å². The topological polar surface area (TPSA) is 62.1 Å². The molecule has 0 radical (unpaired) electrons. The van der Waals surface area contributed by atoms with E-state index in [0.29, 0.717) is 17.9 Å². The summed E-state index contributed by atoms with van der Waals surface area (Å²) in [6.45, 7) is 11.5. The lowest BCUT2D eigenvalue weighted by molar-refractivity contribution is 0.213. The van der Waals surface area contributed by atoms with Gasteiger partial charge in [-0.05, 0) is 23.1 Å². The van der Waals surface area contributed by atoms with Crippen molar-refractivity contribution in [1.29, 1.82) is 0 Å². The standard InChI is InChI=1S/C23H27NO3/c1-22(2,3)21-20(27-14-23(21,4)5)16-11-12-17(18(25)13-16)19(24-26)15-9-7-6-8-10-15/h6-13,25-26H,14H2,1-5H3/b24-19+. The maximum absolute atomic E-state index is 10.7. The zero-order chi connectivity index (χ0) is 19.8. The first kappa shape index (κ1) is 19.0. The summed E-state index contributed by atoms with van der Waals surface area (Å²) in [7, 11) is 0. The highest BCUT2D eigenvalue weighted by Crippen LogP contribution is 2.49. The number of hydrogen-bond acceptors (Lipinski definition) is 4. The summed E-state index contributed by atoms with van der Waals surface area (Å²) >= 11 is 0. The highest BCUT2D eigenvalue weighted by molar-refractivity contribution is 6.14. The van der Waals surface area contributed by atoms with E-state index in [9.17, 15) is 10.3 Å². The summed E-state index contributed by atoms with van der Waals surface area (Å²) in [5.74, 6) is 0.884. The second kappa shape index (κ2) is 6.76. The van der Waals surface area contributed by atoms with Crippen molar-refractivity contribution in [2.45, 2.75) is 34.6 Å². The largest absolute Gasteiger partial charge is 0.507 e. The Hall–Kier alpha value is -2.75. The van der Waals surface area contributed by atoms with Crippen molar-refractivity contribution in [1.82, 2.24) is 0 Å². The van der Waals surface area contributed by atoms with Crippen LogP contribution in [0.3, 0.4) is 0 Å². The van der Waals surface area contributed by atoms with E-state index in [-0.39, 0.29) is 16.6 Å². The molecule has 142 valence electrons. The molecule has 4 heteroatoms. The highest BCUT2D eigenvalue weighted by Gasteiger charge is 2.41. The number of aromatic hydroxyl groups is 1. The molecule has 0 unspecified atom stereocenters. The number of hydrogen-bond donors (Lipinski definition) is 2. The van der Waals surface area contributed by atoms with Crippen LogP contribution >= 0.6 is 0 Å². The maximum Gasteiger partial charge on any atom is 0.127 e. The van der Waals surface area contributed by atoms with Crippen LogP contribution in [0.1, 0.15) is 51.3 Å². The van der Waals surface area contributed by atoms with Crippen molar-refractivity contribution in [3.05, 3.63) is 70.8 Å². The van der Waals surface area contributed by atoms with Gasteiger partial charge in [0.05, 0.1) is 6.61 Å². The molecule has 0 aliphatic carbocycles. The van der Waals surface area contributed by atoms with Crippen LogP contribution in [-0.4, -0.2) is 22.6 Å². The van der Waals surface area contributed by atoms with Crippen LogP contribution in [0.4, 0.5) is 0 Å². The van der Waals surface area contributed by atoms with Gasteiger partial charge in [0, 0.05) is 22.1 Å². The molecule has 0 fully saturated rings. The van der Waals surface area contributed by atoms with Gasteiger partial charge >= 0.3 is 0 Å². The lowest BCUT2D eigenvalue weighted by atomic mass is 9.71. The Morgan fingerprint density at radius 3 is 2.30 bits per heavy atom. The Balaban J connectivity index is 2.08. The molecule has 2 aromatic rings. The number of phenols is 1. The summed E-state index contributed by atoms with van der Waals surface area (Å²) in [6.07, 6.45) is 0. The van der Waals surface area contributed by atoms with Gasteiger partial charge in [-0.2, -0.15) is 0 Å². The first-order valence-corrected chi connectivity index (χ1v) is 9.14. The van der Waals surface area contributed by atoms with Crippen LogP contribution in [0.2, 0.25) is 0 Å². The normalized spacial score (nSPS) is 17.1. The van der Waals surface area contributed by atoms with Crippen LogP contribution in [-0.2, 0) is 4.74 Å². The molecule has 0 saturated carbocycles. The molecule has 0 saturated heterocycles. The lowest BCUT2D eigenvalue weighted by Crippen LogP contribution is -2.24. The predicted molar refractivity (Wildman–Crippen MR) is 108 cm³/mol. The minimum atomic E-state index is -0.0658. The van der Waals surface area contributed by atoms with E-state index >= 15 is 0 Å². The summed E-state index contributed by atoms with van der Waals surface area (Å²) < 4.78 is 6.05. The van der Waals surface area contributed by atoms with Crippen LogP contribution in [0.5, 0.6) is 5.75 Å². The molecule has 1 aliphatic rings. The van der Waals surface area contributed by atoms with E-state index in [2.05, 4.69) is 39.8 Å². The molecule has 2 N–H and O–H groups in total. The van der Waals surface area contributed by atoms with Crippen molar-refractivity contribution in [2.24, 2.45) is 16.0 Å². The van der Waals surface area contributed by atoms with Crippen molar-refractivity contribution in [3.8, 4) is 5.75 Å². The van der Waals surface area contributed by atoms with Crippen molar-refractivity contribution < 1.29 is 15.1 Å². The number of ether oxygens (including phenoxy) is 1. The lowest BCUT2D eigenvalue weighted by Gasteiger charge is -2.30. The minimum absolute atomic E-state index is 0.0502. The fourth-order valence-electron chi connectivity index (χ4n) is 4.02. The molecule has 27 heavy (non-hydrogen) atoms. The average molecular weight is 365 g/mol. The number of phenolic OH excluding ortho intramolecular Hbond substituents is 1. The number of rotatable bonds is 3. The van der Waals surface area contributed by atoms with E-state index in [4.69, 9.17) is 4.74 Å². The van der Waals surface area contributed by atoms with Gasteiger partial charge in [0.2, 0.25) is 0 Å². The highest BCUT2D eigenvalue weighted by atomic mass is 16.5. The molecule has 1 heterocycles. The molecule has 1 aliphatic heterocycles. The van der Waals surface area contributed by atoms with E-state index in [1.165, 1.54) is 5.57 Å². The molecule has 0 atom stereocenters. The summed E-state index contributed by atoms with van der Waals surface area (Å²) in [5, 5.41) is 23.6. The monoisotopic (exact) mass is 365 g/mol. The quantitative estimate of drug-likeness (QED) is 0.433. The third kappa shape index (κ3) is 3.57. The van der Waals surface area contributed by atoms with Crippen molar-refractivity contribution in [3.63, 3.8) is 0 Å². The summed E-state index contributed by atoms with van der Waals surface area (Å²) in [5.41, 5.74) is 3.49. The molecule has 0 bridgehead atoms. The average Bonchev–Trinajstić information content (AvgIpc) is 2.93. The summed E-state index contributed by atoms with van der Waals surface area (Å²) in [4.78, 5) is 0. The zero-order valence-electron chi connectivity index (χ0n) is 16.6. The summed E-state index contributed by atoms with van der Waals surface area (Å²) in [6, 6.07) is 14.7. The molecule has 0 aromatic heterocycles. The van der Waals surface area contributed by atoms with E-state index in [1.54, 1.807) is 12.1 Å². The fraction of sp³-hybridized carbons (Fsp3) is 0.348. The molecular weight excluding hydrogens is 338 g/mol. The van der Waals surface area contributed by atoms with Gasteiger partial charge in [-0.3, -0.25) is 0 Å². The molecule has 0 amide bonds. The van der Waals surface area contributed by atoms with E-state index in [0.717, 1.165) is 16.9 Å². The Morgan fingerprint density at radius 2 is 1.74 bits per heavy atom. The fourth-order valence-corrected chi connectivity index (χ4v) is 4.02. The van der Waals surface area contributed by atoms with Gasteiger partial charge < -0.3 is 15.1 Å². The Kier molecular flexibility index (Phi) is 4.77. The third-order valence-corrected chi connectivity index (χ3v) is 4.89. The zero-order valence-corrected chi connectivity index (χ0v) is 16.6. The predicted octanol–water partition coefficient (Wildman–Crippen LogP) is 5.43. The number of benzene rings is 2. The molecular formula is C23H27NO3. The van der Waals surface area contributed by atoms with Crippen LogP contribution < -0.4 is 0 Å². The van der Waals surface area contributed by atoms with Gasteiger partial charge in [-0.25, -0.2) is 0 Å². The van der Waals surface area contributed by atoms with Crippen molar-refractivity contribution >= 4 is 11.5 Å². The minimum Gasteiger partial charge on any atom is -0.507 e. The molecule has 2 aromatic carbocycles. The first-order chi connectivity index (χ1) is 12.6. The van der Waals surface area contributed by atoms with Gasteiger partial charge in [0.15, 0.2) is 0 Å². The van der Waals surface area contributed by atoms with Gasteiger partial charge in [0.1, 0.15) is 17.2 Å². The smallest absolute Gasteiger partial charge is 0.127 e.